The summed E-state index contributed by atoms with van der Waals surface area (Å²) in [5.41, 5.74) is 2.82. The van der Waals surface area contributed by atoms with Gasteiger partial charge in [-0.15, -0.1) is 22.7 Å². The summed E-state index contributed by atoms with van der Waals surface area (Å²) in [6.07, 6.45) is 0.134. The summed E-state index contributed by atoms with van der Waals surface area (Å²) in [7, 11) is 0. The van der Waals surface area contributed by atoms with E-state index in [2.05, 4.69) is 20.6 Å². The van der Waals surface area contributed by atoms with E-state index in [-0.39, 0.29) is 18.2 Å². The molecule has 0 aliphatic carbocycles. The Labute approximate surface area is 183 Å². The molecule has 6 nitrogen and oxygen atoms in total. The number of carbonyl (C=O) groups is 2. The Morgan fingerprint density at radius 2 is 1.93 bits per heavy atom. The molecule has 0 saturated carbocycles. The molecule has 0 radical (unpaired) electrons. The third-order valence-electron chi connectivity index (χ3n) is 3.98. The Balaban J connectivity index is 1.41. The highest BCUT2D eigenvalue weighted by Gasteiger charge is 2.14. The number of benzene rings is 1. The summed E-state index contributed by atoms with van der Waals surface area (Å²) in [6, 6.07) is 6.38. The van der Waals surface area contributed by atoms with Crippen LogP contribution >= 0.6 is 34.0 Å². The zero-order valence-electron chi connectivity index (χ0n) is 15.6. The number of hydrogen-bond donors (Lipinski definition) is 2. The van der Waals surface area contributed by atoms with Gasteiger partial charge in [-0.1, -0.05) is 0 Å². The third kappa shape index (κ3) is 4.78. The Hall–Kier alpha value is -2.95. The second kappa shape index (κ2) is 8.82. The first-order valence-corrected chi connectivity index (χ1v) is 11.5. The maximum atomic E-state index is 14.4. The Morgan fingerprint density at radius 3 is 2.67 bits per heavy atom. The van der Waals surface area contributed by atoms with Crippen LogP contribution in [0.2, 0.25) is 0 Å². The second-order valence-electron chi connectivity index (χ2n) is 6.29. The van der Waals surface area contributed by atoms with E-state index in [0.717, 1.165) is 10.6 Å². The first-order valence-electron chi connectivity index (χ1n) is 8.78. The first kappa shape index (κ1) is 20.3. The van der Waals surface area contributed by atoms with Crippen molar-refractivity contribution in [3.63, 3.8) is 0 Å². The van der Waals surface area contributed by atoms with Gasteiger partial charge in [-0.25, -0.2) is 14.4 Å². The van der Waals surface area contributed by atoms with E-state index >= 15 is 0 Å². The Morgan fingerprint density at radius 1 is 1.07 bits per heavy atom. The average Bonchev–Trinajstić information content (AvgIpc) is 3.42. The van der Waals surface area contributed by atoms with Gasteiger partial charge in [0.15, 0.2) is 5.13 Å². The maximum absolute atomic E-state index is 14.4. The number of thiazole rings is 2. The average molecular weight is 459 g/mol. The minimum atomic E-state index is -0.507. The summed E-state index contributed by atoms with van der Waals surface area (Å²) in [6.45, 7) is 1.36. The van der Waals surface area contributed by atoms with Crippen molar-refractivity contribution in [2.24, 2.45) is 0 Å². The van der Waals surface area contributed by atoms with E-state index in [1.807, 2.05) is 22.2 Å². The molecular formula is C20H15FN4O2S3. The SMILES string of the molecule is CC(=O)Nc1ccc(-c2csc(NC(=O)Cc3csc(-c4ccsc4)n3)n2)c(F)c1. The molecule has 3 aromatic heterocycles. The van der Waals surface area contributed by atoms with Crippen molar-refractivity contribution in [3.05, 3.63) is 57.3 Å². The van der Waals surface area contributed by atoms with Crippen LogP contribution in [0, 0.1) is 5.82 Å². The van der Waals surface area contributed by atoms with Crippen molar-refractivity contribution in [2.75, 3.05) is 10.6 Å². The van der Waals surface area contributed by atoms with Crippen LogP contribution in [-0.2, 0) is 16.0 Å². The molecule has 4 rings (SSSR count). The van der Waals surface area contributed by atoms with Crippen LogP contribution in [0.25, 0.3) is 21.8 Å². The van der Waals surface area contributed by atoms with Crippen molar-refractivity contribution in [1.29, 1.82) is 0 Å². The van der Waals surface area contributed by atoms with Gasteiger partial charge in [0.05, 0.1) is 17.8 Å². The first-order chi connectivity index (χ1) is 14.5. The van der Waals surface area contributed by atoms with Gasteiger partial charge in [0, 0.05) is 39.9 Å². The number of carbonyl (C=O) groups excluding carboxylic acids is 2. The summed E-state index contributed by atoms with van der Waals surface area (Å²) < 4.78 is 14.4. The van der Waals surface area contributed by atoms with Gasteiger partial charge in [0.1, 0.15) is 10.8 Å². The minimum absolute atomic E-state index is 0.134. The molecule has 30 heavy (non-hydrogen) atoms. The van der Waals surface area contributed by atoms with Crippen LogP contribution in [0.4, 0.5) is 15.2 Å². The third-order valence-corrected chi connectivity index (χ3v) is 6.36. The van der Waals surface area contributed by atoms with E-state index in [1.54, 1.807) is 28.8 Å². The maximum Gasteiger partial charge on any atom is 0.232 e. The van der Waals surface area contributed by atoms with Crippen molar-refractivity contribution >= 4 is 56.6 Å². The molecule has 0 saturated heterocycles. The lowest BCUT2D eigenvalue weighted by atomic mass is 10.1. The van der Waals surface area contributed by atoms with Crippen LogP contribution in [0.5, 0.6) is 0 Å². The van der Waals surface area contributed by atoms with Crippen molar-refractivity contribution < 1.29 is 14.0 Å². The van der Waals surface area contributed by atoms with Crippen LogP contribution in [0.15, 0.2) is 45.8 Å². The molecule has 152 valence electrons. The molecule has 3 heterocycles. The largest absolute Gasteiger partial charge is 0.326 e. The Bertz CT molecular complexity index is 1200. The van der Waals surface area contributed by atoms with Crippen LogP contribution in [0.3, 0.4) is 0 Å². The van der Waals surface area contributed by atoms with Crippen molar-refractivity contribution in [1.82, 2.24) is 9.97 Å². The van der Waals surface area contributed by atoms with Gasteiger partial charge in [-0.05, 0) is 29.6 Å². The summed E-state index contributed by atoms with van der Waals surface area (Å²) >= 11 is 4.31. The van der Waals surface area contributed by atoms with E-state index in [9.17, 15) is 14.0 Å². The van der Waals surface area contributed by atoms with Crippen LogP contribution in [-0.4, -0.2) is 21.8 Å². The van der Waals surface area contributed by atoms with E-state index in [0.29, 0.717) is 27.8 Å². The van der Waals surface area contributed by atoms with E-state index < -0.39 is 5.82 Å². The molecule has 0 atom stereocenters. The molecular weight excluding hydrogens is 443 g/mol. The van der Waals surface area contributed by atoms with Gasteiger partial charge in [-0.2, -0.15) is 11.3 Å². The zero-order valence-corrected chi connectivity index (χ0v) is 18.1. The van der Waals surface area contributed by atoms with Gasteiger partial charge < -0.3 is 10.6 Å². The lowest BCUT2D eigenvalue weighted by Crippen LogP contribution is -2.14. The molecule has 0 aliphatic rings. The van der Waals surface area contributed by atoms with Gasteiger partial charge in [0.2, 0.25) is 11.8 Å². The lowest BCUT2D eigenvalue weighted by Gasteiger charge is -2.05. The van der Waals surface area contributed by atoms with Crippen molar-refractivity contribution in [2.45, 2.75) is 13.3 Å². The molecule has 0 unspecified atom stereocenters. The van der Waals surface area contributed by atoms with Gasteiger partial charge >= 0.3 is 0 Å². The molecule has 10 heteroatoms. The summed E-state index contributed by atoms with van der Waals surface area (Å²) in [5, 5.41) is 14.1. The molecule has 2 N–H and O–H groups in total. The fourth-order valence-electron chi connectivity index (χ4n) is 2.69. The number of aromatic nitrogens is 2. The predicted octanol–water partition coefficient (Wildman–Crippen LogP) is 5.27. The highest BCUT2D eigenvalue weighted by Crippen LogP contribution is 2.29. The van der Waals surface area contributed by atoms with E-state index in [1.165, 1.54) is 35.7 Å². The highest BCUT2D eigenvalue weighted by atomic mass is 32.1. The number of nitrogens with one attached hydrogen (secondary N) is 2. The normalized spacial score (nSPS) is 10.7. The second-order valence-corrected chi connectivity index (χ2v) is 8.79. The summed E-state index contributed by atoms with van der Waals surface area (Å²) in [4.78, 5) is 32.2. The fraction of sp³-hybridized carbons (Fsp3) is 0.100. The van der Waals surface area contributed by atoms with Gasteiger partial charge in [0.25, 0.3) is 0 Å². The quantitative estimate of drug-likeness (QED) is 0.412. The number of thiophene rings is 1. The number of nitrogens with zero attached hydrogens (tertiary/aromatic N) is 2. The number of halogens is 1. The monoisotopic (exact) mass is 458 g/mol. The molecule has 0 bridgehead atoms. The summed E-state index contributed by atoms with van der Waals surface area (Å²) in [5.74, 6) is -1.02. The number of amides is 2. The molecule has 4 aromatic rings. The van der Waals surface area contributed by atoms with Gasteiger partial charge in [-0.3, -0.25) is 9.59 Å². The molecule has 1 aromatic carbocycles. The zero-order chi connectivity index (χ0) is 21.1. The van der Waals surface area contributed by atoms with Crippen molar-refractivity contribution in [3.8, 4) is 21.8 Å². The predicted molar refractivity (Wildman–Crippen MR) is 120 cm³/mol. The standard InChI is InChI=1S/C20H15FN4O2S3/c1-11(26)22-13-2-3-15(16(21)6-13)17-10-30-20(24-17)25-18(27)7-14-9-29-19(23-14)12-4-5-28-8-12/h2-6,8-10H,7H2,1H3,(H,22,26)(H,24,25,27). The van der Waals surface area contributed by atoms with Crippen LogP contribution in [0.1, 0.15) is 12.6 Å². The molecule has 0 fully saturated rings. The minimum Gasteiger partial charge on any atom is -0.326 e. The molecule has 0 aliphatic heterocycles. The molecule has 0 spiro atoms. The smallest absolute Gasteiger partial charge is 0.232 e. The number of hydrogen-bond acceptors (Lipinski definition) is 7. The van der Waals surface area contributed by atoms with E-state index in [4.69, 9.17) is 0 Å². The number of rotatable bonds is 6. The molecule has 2 amide bonds. The highest BCUT2D eigenvalue weighted by molar-refractivity contribution is 7.14. The topological polar surface area (TPSA) is 84.0 Å². The fourth-order valence-corrected chi connectivity index (χ4v) is 4.95. The number of anilines is 2. The Kier molecular flexibility index (Phi) is 5.98. The van der Waals surface area contributed by atoms with Crippen LogP contribution < -0.4 is 10.6 Å². The lowest BCUT2D eigenvalue weighted by molar-refractivity contribution is -0.116.